The first-order valence-corrected chi connectivity index (χ1v) is 9.45. The summed E-state index contributed by atoms with van der Waals surface area (Å²) in [7, 11) is 0. The molecule has 2 N–H and O–H groups in total. The number of aromatic amines is 1. The molecular formula is C19H22ClN3O3. The van der Waals surface area contributed by atoms with Crippen LogP contribution in [0.5, 0.6) is 0 Å². The normalized spacial score (nSPS) is 23.4. The zero-order valence-corrected chi connectivity index (χ0v) is 15.3. The molecule has 26 heavy (non-hydrogen) atoms. The first-order valence-electron chi connectivity index (χ1n) is 9.07. The highest BCUT2D eigenvalue weighted by atomic mass is 35.5. The second kappa shape index (κ2) is 6.59. The number of nitrogens with one attached hydrogen (secondary N) is 1. The van der Waals surface area contributed by atoms with Gasteiger partial charge in [0.1, 0.15) is 11.2 Å². The highest BCUT2D eigenvalue weighted by molar-refractivity contribution is 6.38. The van der Waals surface area contributed by atoms with Crippen molar-refractivity contribution in [1.82, 2.24) is 14.8 Å². The minimum Gasteiger partial charge on any atom is -0.395 e. The van der Waals surface area contributed by atoms with Crippen LogP contribution in [0.1, 0.15) is 36.2 Å². The molecule has 0 bridgehead atoms. The summed E-state index contributed by atoms with van der Waals surface area (Å²) < 4.78 is 0. The Morgan fingerprint density at radius 2 is 1.96 bits per heavy atom. The summed E-state index contributed by atoms with van der Waals surface area (Å²) >= 11 is 6.47. The molecular weight excluding hydrogens is 354 g/mol. The van der Waals surface area contributed by atoms with Gasteiger partial charge in [-0.25, -0.2) is 0 Å². The van der Waals surface area contributed by atoms with Gasteiger partial charge in [0.05, 0.1) is 11.6 Å². The summed E-state index contributed by atoms with van der Waals surface area (Å²) in [5.74, 6) is -0.265. The van der Waals surface area contributed by atoms with E-state index in [9.17, 15) is 14.7 Å². The van der Waals surface area contributed by atoms with Crippen molar-refractivity contribution >= 4 is 34.3 Å². The molecule has 1 aromatic heterocycles. The fourth-order valence-corrected chi connectivity index (χ4v) is 4.74. The van der Waals surface area contributed by atoms with Crippen molar-refractivity contribution in [2.24, 2.45) is 0 Å². The number of hydrogen-bond acceptors (Lipinski definition) is 3. The number of H-pyrrole nitrogens is 1. The number of carbonyl (C=O) groups excluding carboxylic acids is 2. The molecule has 2 aliphatic rings. The molecule has 1 unspecified atom stereocenters. The van der Waals surface area contributed by atoms with E-state index in [1.54, 1.807) is 9.80 Å². The summed E-state index contributed by atoms with van der Waals surface area (Å²) in [6, 6.07) is 7.52. The van der Waals surface area contributed by atoms with E-state index in [-0.39, 0.29) is 18.4 Å². The van der Waals surface area contributed by atoms with Crippen molar-refractivity contribution in [2.45, 2.75) is 31.2 Å². The Kier molecular flexibility index (Phi) is 4.40. The highest BCUT2D eigenvalue weighted by Gasteiger charge is 2.53. The standard InChI is InChI=1S/C19H22ClN3O3/c20-15-13-5-1-2-6-14(13)21-16(15)17(25)23-10-4-8-19(23)7-3-9-22(11-12-24)18(19)26/h1-2,5-6,21,24H,3-4,7-12H2. The number of β-amino-alcohol motifs (C(OH)–C–C–N with tert-alkyl or cyclic N) is 1. The minimum absolute atomic E-state index is 0.0455. The van der Waals surface area contributed by atoms with Crippen LogP contribution in [0.15, 0.2) is 24.3 Å². The Balaban J connectivity index is 1.70. The number of aromatic nitrogens is 1. The van der Waals surface area contributed by atoms with Gasteiger partial charge >= 0.3 is 0 Å². The van der Waals surface area contributed by atoms with Crippen molar-refractivity contribution in [1.29, 1.82) is 0 Å². The van der Waals surface area contributed by atoms with E-state index in [4.69, 9.17) is 11.6 Å². The molecule has 1 spiro atoms. The molecule has 0 aliphatic carbocycles. The van der Waals surface area contributed by atoms with Gasteiger partial charge in [0.2, 0.25) is 5.91 Å². The van der Waals surface area contributed by atoms with Crippen LogP contribution in [0.4, 0.5) is 0 Å². The van der Waals surface area contributed by atoms with Crippen LogP contribution < -0.4 is 0 Å². The number of likely N-dealkylation sites (tertiary alicyclic amines) is 2. The predicted molar refractivity (Wildman–Crippen MR) is 99.2 cm³/mol. The van der Waals surface area contributed by atoms with E-state index in [2.05, 4.69) is 4.98 Å². The second-order valence-electron chi connectivity index (χ2n) is 7.07. The number of carbonyl (C=O) groups is 2. The van der Waals surface area contributed by atoms with Gasteiger partial charge in [-0.05, 0) is 31.7 Å². The molecule has 2 amide bonds. The zero-order chi connectivity index (χ0) is 18.3. The molecule has 138 valence electrons. The third-order valence-electron chi connectivity index (χ3n) is 5.66. The van der Waals surface area contributed by atoms with Crippen LogP contribution >= 0.6 is 11.6 Å². The SMILES string of the molecule is O=C(c1[nH]c2ccccc2c1Cl)N1CCCC12CCCN(CCO)C2=O. The van der Waals surface area contributed by atoms with Gasteiger partial charge in [0.25, 0.3) is 5.91 Å². The van der Waals surface area contributed by atoms with Crippen LogP contribution in [0.2, 0.25) is 5.02 Å². The summed E-state index contributed by atoms with van der Waals surface area (Å²) in [6.45, 7) is 1.43. The van der Waals surface area contributed by atoms with E-state index in [1.165, 1.54) is 0 Å². The molecule has 7 heteroatoms. The number of fused-ring (bicyclic) bond motifs is 1. The predicted octanol–water partition coefficient (Wildman–Crippen LogP) is 2.41. The number of aliphatic hydroxyl groups is 1. The lowest BCUT2D eigenvalue weighted by molar-refractivity contribution is -0.146. The molecule has 2 aliphatic heterocycles. The Morgan fingerprint density at radius 3 is 2.69 bits per heavy atom. The van der Waals surface area contributed by atoms with Crippen LogP contribution in [-0.4, -0.2) is 63.5 Å². The van der Waals surface area contributed by atoms with Crippen molar-refractivity contribution < 1.29 is 14.7 Å². The number of para-hydroxylation sites is 1. The quantitative estimate of drug-likeness (QED) is 0.864. The fourth-order valence-electron chi connectivity index (χ4n) is 4.45. The van der Waals surface area contributed by atoms with Gasteiger partial charge in [0.15, 0.2) is 0 Å². The molecule has 3 heterocycles. The van der Waals surface area contributed by atoms with Crippen LogP contribution in [0, 0.1) is 0 Å². The van der Waals surface area contributed by atoms with Crippen molar-refractivity contribution in [3.63, 3.8) is 0 Å². The van der Waals surface area contributed by atoms with E-state index in [0.29, 0.717) is 43.2 Å². The van der Waals surface area contributed by atoms with Crippen molar-refractivity contribution in [3.05, 3.63) is 35.0 Å². The molecule has 1 atom stereocenters. The molecule has 0 radical (unpaired) electrons. The maximum Gasteiger partial charge on any atom is 0.272 e. The molecule has 0 saturated carbocycles. The topological polar surface area (TPSA) is 76.6 Å². The van der Waals surface area contributed by atoms with Gasteiger partial charge in [-0.1, -0.05) is 29.8 Å². The molecule has 4 rings (SSSR count). The largest absolute Gasteiger partial charge is 0.395 e. The number of piperidine rings is 1. The number of nitrogens with zero attached hydrogens (tertiary/aromatic N) is 2. The Labute approximate surface area is 156 Å². The van der Waals surface area contributed by atoms with E-state index in [0.717, 1.165) is 23.7 Å². The first-order chi connectivity index (χ1) is 12.6. The Bertz CT molecular complexity index is 863. The summed E-state index contributed by atoms with van der Waals surface area (Å²) in [5.41, 5.74) is 0.359. The number of amides is 2. The van der Waals surface area contributed by atoms with E-state index >= 15 is 0 Å². The molecule has 2 saturated heterocycles. The number of benzene rings is 1. The second-order valence-corrected chi connectivity index (χ2v) is 7.45. The fraction of sp³-hybridized carbons (Fsp3) is 0.474. The van der Waals surface area contributed by atoms with Gasteiger partial charge in [-0.2, -0.15) is 0 Å². The number of aliphatic hydroxyl groups excluding tert-OH is 1. The van der Waals surface area contributed by atoms with Crippen molar-refractivity contribution in [3.8, 4) is 0 Å². The Morgan fingerprint density at radius 1 is 1.23 bits per heavy atom. The average Bonchev–Trinajstić information content (AvgIpc) is 3.21. The molecule has 2 fully saturated rings. The lowest BCUT2D eigenvalue weighted by atomic mass is 9.85. The average molecular weight is 376 g/mol. The first kappa shape index (κ1) is 17.4. The lowest BCUT2D eigenvalue weighted by Crippen LogP contribution is -2.61. The van der Waals surface area contributed by atoms with E-state index < -0.39 is 5.54 Å². The summed E-state index contributed by atoms with van der Waals surface area (Å²) in [4.78, 5) is 32.9. The zero-order valence-electron chi connectivity index (χ0n) is 14.5. The summed E-state index contributed by atoms with van der Waals surface area (Å²) in [5, 5.41) is 10.5. The number of hydrogen-bond donors (Lipinski definition) is 2. The third kappa shape index (κ3) is 2.51. The molecule has 6 nitrogen and oxygen atoms in total. The molecule has 1 aromatic carbocycles. The van der Waals surface area contributed by atoms with Gasteiger partial charge in [-0.15, -0.1) is 0 Å². The monoisotopic (exact) mass is 375 g/mol. The number of halogens is 1. The van der Waals surface area contributed by atoms with Crippen LogP contribution in [0.3, 0.4) is 0 Å². The smallest absolute Gasteiger partial charge is 0.272 e. The number of rotatable bonds is 3. The third-order valence-corrected chi connectivity index (χ3v) is 6.06. The highest BCUT2D eigenvalue weighted by Crippen LogP contribution is 2.40. The van der Waals surface area contributed by atoms with Gasteiger partial charge in [-0.3, -0.25) is 9.59 Å². The molecule has 2 aromatic rings. The van der Waals surface area contributed by atoms with Gasteiger partial charge in [0, 0.05) is 30.5 Å². The van der Waals surface area contributed by atoms with Crippen molar-refractivity contribution in [2.75, 3.05) is 26.2 Å². The Hall–Kier alpha value is -2.05. The minimum atomic E-state index is -0.800. The maximum absolute atomic E-state index is 13.3. The maximum atomic E-state index is 13.3. The lowest BCUT2D eigenvalue weighted by Gasteiger charge is -2.44. The van der Waals surface area contributed by atoms with Crippen LogP contribution in [0.25, 0.3) is 10.9 Å². The summed E-state index contributed by atoms with van der Waals surface area (Å²) in [6.07, 6.45) is 2.95. The van der Waals surface area contributed by atoms with Crippen LogP contribution in [-0.2, 0) is 4.79 Å². The van der Waals surface area contributed by atoms with E-state index in [1.807, 2.05) is 24.3 Å². The van der Waals surface area contributed by atoms with Gasteiger partial charge < -0.3 is 19.9 Å².